The number of carbonyl (C=O) groups is 8. The topological polar surface area (TPSA) is 278 Å². The average Bonchev–Trinajstić information content (AvgIpc) is 3.75. The van der Waals surface area contributed by atoms with Crippen LogP contribution in [0.3, 0.4) is 0 Å². The molecule has 0 aromatic heterocycles. The van der Waals surface area contributed by atoms with Gasteiger partial charge in [0.05, 0.1) is 54.4 Å². The van der Waals surface area contributed by atoms with Gasteiger partial charge in [0.25, 0.3) is 0 Å². The first-order valence-electron chi connectivity index (χ1n) is 25.5. The van der Waals surface area contributed by atoms with E-state index in [1.165, 1.54) is 14.2 Å². The maximum Gasteiger partial charge on any atom is 0.327 e. The number of methoxy groups -OCH3 is 2. The summed E-state index contributed by atoms with van der Waals surface area (Å²) in [5.41, 5.74) is 3.95. The van der Waals surface area contributed by atoms with E-state index in [1.54, 1.807) is 72.2 Å². The van der Waals surface area contributed by atoms with Crippen LogP contribution >= 0.6 is 0 Å². The number of rotatable bonds is 29. The van der Waals surface area contributed by atoms with Crippen LogP contribution < -0.4 is 27.0 Å². The van der Waals surface area contributed by atoms with E-state index >= 15 is 0 Å². The number of aliphatic carboxylic acids is 1. The van der Waals surface area contributed by atoms with Crippen molar-refractivity contribution in [1.29, 1.82) is 0 Å². The molecule has 0 aromatic carbocycles. The van der Waals surface area contributed by atoms with Crippen molar-refractivity contribution in [2.45, 2.75) is 207 Å². The van der Waals surface area contributed by atoms with E-state index in [1.807, 2.05) is 60.5 Å². The van der Waals surface area contributed by atoms with Gasteiger partial charge in [0.2, 0.25) is 35.4 Å². The van der Waals surface area contributed by atoms with Gasteiger partial charge in [-0.05, 0) is 99.6 Å². The second kappa shape index (κ2) is 29.5. The number of esters is 1. The van der Waals surface area contributed by atoms with Gasteiger partial charge in [-0.25, -0.2) is 4.79 Å². The molecule has 0 bridgehead atoms. The van der Waals surface area contributed by atoms with Crippen molar-refractivity contribution in [2.75, 3.05) is 48.5 Å². The van der Waals surface area contributed by atoms with Crippen molar-refractivity contribution in [3.63, 3.8) is 0 Å². The van der Waals surface area contributed by atoms with Crippen molar-refractivity contribution >= 4 is 47.4 Å². The van der Waals surface area contributed by atoms with Crippen LogP contribution in [0.2, 0.25) is 0 Å². The Balaban J connectivity index is 3.54. The number of ether oxygens (including phenoxy) is 4. The van der Waals surface area contributed by atoms with E-state index in [0.29, 0.717) is 25.8 Å². The highest BCUT2D eigenvalue weighted by atomic mass is 16.6. The smallest absolute Gasteiger partial charge is 0.327 e. The SMILES string of the molecule is CC[C@H](C)[C@@H]([C@@H](CC(=O)N1CCC[C@H]1[C@H](OC)[C@@H](C)C(=O)N[C@H](C(=O)N[C@@H](CCC(=O)OC(C)(C)C)C(=O)N[C@@H](CN)C(=O)O)[C@@H](C)OC(C)(C)C)OC)N(C)C(=O)[C@@H](NC(=O)[C@H](C(C)C)N(C)C)C(C)C. The molecule has 0 aromatic rings. The molecule has 0 saturated carbocycles. The lowest BCUT2D eigenvalue weighted by Gasteiger charge is -2.41. The fourth-order valence-electron chi connectivity index (χ4n) is 9.40. The molecular formula is C51H94N8O13. The molecule has 6 amide bonds. The molecule has 1 aliphatic heterocycles. The van der Waals surface area contributed by atoms with Crippen molar-refractivity contribution in [1.82, 2.24) is 36.0 Å². The minimum absolute atomic E-state index is 0.00862. The summed E-state index contributed by atoms with van der Waals surface area (Å²) in [5, 5.41) is 20.3. The van der Waals surface area contributed by atoms with Crippen molar-refractivity contribution < 1.29 is 62.4 Å². The molecule has 72 heavy (non-hydrogen) atoms. The Morgan fingerprint density at radius 2 is 1.32 bits per heavy atom. The highest BCUT2D eigenvalue weighted by molar-refractivity contribution is 5.94. The zero-order valence-electron chi connectivity index (χ0n) is 47.0. The lowest BCUT2D eigenvalue weighted by molar-refractivity contribution is -0.155. The second-order valence-corrected chi connectivity index (χ2v) is 22.2. The van der Waals surface area contributed by atoms with Crippen LogP contribution in [-0.4, -0.2) is 187 Å². The quantitative estimate of drug-likeness (QED) is 0.0588. The summed E-state index contributed by atoms with van der Waals surface area (Å²) in [5.74, 6) is -6.64. The van der Waals surface area contributed by atoms with Gasteiger partial charge >= 0.3 is 11.9 Å². The number of hydrogen-bond acceptors (Lipinski definition) is 14. The molecule has 21 heteroatoms. The molecule has 21 nitrogen and oxygen atoms in total. The molecule has 1 fully saturated rings. The minimum Gasteiger partial charge on any atom is -0.480 e. The Morgan fingerprint density at radius 3 is 1.78 bits per heavy atom. The standard InChI is InChI=1S/C51H94N8O13/c1-20-30(6)42(58(17)48(66)39(28(2)3)55-47(65)41(29(4)5)57(15)16)36(69-18)26-37(60)59-25-21-22-35(59)43(70-19)31(7)44(62)56-40(32(8)71-50(9,10)11)46(64)53-33(23-24-38(61)72-51(12,13)14)45(63)54-34(27-52)49(67)68/h28-36,39-43H,20-27,52H2,1-19H3,(H,53,64)(H,54,63)(H,55,65)(H,56,62)(H,67,68)/t30-,31+,32+,33-,34-,35-,36+,39-,40-,41-,42-,43+/m0/s1. The van der Waals surface area contributed by atoms with Crippen molar-refractivity contribution in [3.05, 3.63) is 0 Å². The molecule has 1 heterocycles. The maximum atomic E-state index is 14.5. The third-order valence-electron chi connectivity index (χ3n) is 13.1. The summed E-state index contributed by atoms with van der Waals surface area (Å²) in [6.45, 7) is 25.0. The number of carbonyl (C=O) groups excluding carboxylic acids is 7. The normalized spacial score (nSPS) is 18.9. The molecule has 0 spiro atoms. The van der Waals surface area contributed by atoms with Gasteiger partial charge in [0, 0.05) is 40.8 Å². The molecule has 12 atom stereocenters. The van der Waals surface area contributed by atoms with E-state index in [0.717, 1.165) is 0 Å². The monoisotopic (exact) mass is 1030 g/mol. The molecule has 1 aliphatic rings. The van der Waals surface area contributed by atoms with Gasteiger partial charge in [-0.15, -0.1) is 0 Å². The van der Waals surface area contributed by atoms with Gasteiger partial charge in [0.15, 0.2) is 0 Å². The molecule has 1 saturated heterocycles. The third kappa shape index (κ3) is 20.1. The zero-order chi connectivity index (χ0) is 55.7. The summed E-state index contributed by atoms with van der Waals surface area (Å²) < 4.78 is 23.6. The van der Waals surface area contributed by atoms with Crippen LogP contribution in [-0.2, 0) is 57.3 Å². The first kappa shape index (κ1) is 65.6. The largest absolute Gasteiger partial charge is 0.480 e. The van der Waals surface area contributed by atoms with E-state index < -0.39 is 114 Å². The fraction of sp³-hybridized carbons (Fsp3) is 0.843. The van der Waals surface area contributed by atoms with Crippen LogP contribution in [0.25, 0.3) is 0 Å². The number of carboxylic acid groups (broad SMARTS) is 1. The van der Waals surface area contributed by atoms with Crippen molar-refractivity contribution in [2.24, 2.45) is 29.4 Å². The summed E-state index contributed by atoms with van der Waals surface area (Å²) in [7, 11) is 8.27. The van der Waals surface area contributed by atoms with E-state index in [-0.39, 0.29) is 54.7 Å². The highest BCUT2D eigenvalue weighted by Gasteiger charge is 2.44. The summed E-state index contributed by atoms with van der Waals surface area (Å²) in [4.78, 5) is 114. The van der Waals surface area contributed by atoms with E-state index in [9.17, 15) is 43.5 Å². The molecule has 1 rings (SSSR count). The summed E-state index contributed by atoms with van der Waals surface area (Å²) in [6, 6.07) is -6.80. The number of hydrogen-bond donors (Lipinski definition) is 6. The molecule has 7 N–H and O–H groups in total. The second-order valence-electron chi connectivity index (χ2n) is 22.2. The highest BCUT2D eigenvalue weighted by Crippen LogP contribution is 2.30. The molecule has 0 aliphatic carbocycles. The van der Waals surface area contributed by atoms with Gasteiger partial charge in [0.1, 0.15) is 29.8 Å². The van der Waals surface area contributed by atoms with E-state index in [2.05, 4.69) is 21.3 Å². The van der Waals surface area contributed by atoms with Gasteiger partial charge in [-0.2, -0.15) is 0 Å². The molecule has 0 unspecified atom stereocenters. The van der Waals surface area contributed by atoms with Crippen LogP contribution in [0.15, 0.2) is 0 Å². The van der Waals surface area contributed by atoms with Crippen molar-refractivity contribution in [3.8, 4) is 0 Å². The van der Waals surface area contributed by atoms with E-state index in [4.69, 9.17) is 24.7 Å². The molecule has 0 radical (unpaired) electrons. The predicted octanol–water partition coefficient (Wildman–Crippen LogP) is 2.46. The third-order valence-corrected chi connectivity index (χ3v) is 13.1. The van der Waals surface area contributed by atoms with Crippen LogP contribution in [0, 0.1) is 23.7 Å². The zero-order valence-corrected chi connectivity index (χ0v) is 47.0. The van der Waals surface area contributed by atoms with Gasteiger partial charge in [-0.1, -0.05) is 54.9 Å². The number of nitrogens with one attached hydrogen (secondary N) is 4. The summed E-state index contributed by atoms with van der Waals surface area (Å²) in [6.07, 6.45) is -1.55. The van der Waals surface area contributed by atoms with Gasteiger partial charge in [-0.3, -0.25) is 38.5 Å². The number of nitrogens with zero attached hydrogens (tertiary/aromatic N) is 3. The predicted molar refractivity (Wildman–Crippen MR) is 273 cm³/mol. The first-order chi connectivity index (χ1) is 33.2. The first-order valence-corrected chi connectivity index (χ1v) is 25.5. The Hall–Kier alpha value is -4.44. The number of likely N-dealkylation sites (N-methyl/N-ethyl adjacent to an activating group) is 2. The number of carboxylic acids is 1. The van der Waals surface area contributed by atoms with Gasteiger partial charge < -0.3 is 60.9 Å². The molecular weight excluding hydrogens is 933 g/mol. The lowest BCUT2D eigenvalue weighted by Crippen LogP contribution is -2.61. The Morgan fingerprint density at radius 1 is 0.750 bits per heavy atom. The Bertz CT molecular complexity index is 1790. The fourth-order valence-corrected chi connectivity index (χ4v) is 9.40. The molecule has 416 valence electrons. The van der Waals surface area contributed by atoms with Crippen LogP contribution in [0.4, 0.5) is 0 Å². The van der Waals surface area contributed by atoms with Crippen LogP contribution in [0.5, 0.6) is 0 Å². The number of nitrogens with two attached hydrogens (primary N) is 1. The number of likely N-dealkylation sites (tertiary alicyclic amines) is 1. The number of amides is 6. The average molecular weight is 1030 g/mol. The minimum atomic E-state index is -1.49. The maximum absolute atomic E-state index is 14.5. The Labute approximate surface area is 429 Å². The summed E-state index contributed by atoms with van der Waals surface area (Å²) >= 11 is 0. The van der Waals surface area contributed by atoms with Crippen LogP contribution in [0.1, 0.15) is 135 Å². The lowest BCUT2D eigenvalue weighted by atomic mass is 9.89. The Kier molecular flexibility index (Phi) is 26.8.